The molecule has 0 bridgehead atoms. The van der Waals surface area contributed by atoms with Crippen molar-refractivity contribution in [2.45, 2.75) is 20.3 Å². The zero-order valence-corrected chi connectivity index (χ0v) is 12.5. The third-order valence-electron chi connectivity index (χ3n) is 3.13. The summed E-state index contributed by atoms with van der Waals surface area (Å²) in [7, 11) is 0. The van der Waals surface area contributed by atoms with Gasteiger partial charge in [0.2, 0.25) is 5.91 Å². The lowest BCUT2D eigenvalue weighted by Crippen LogP contribution is -2.17. The second-order valence-corrected chi connectivity index (χ2v) is 5.20. The molecule has 0 atom stereocenters. The minimum absolute atomic E-state index is 0.112. The largest absolute Gasteiger partial charge is 0.385 e. The van der Waals surface area contributed by atoms with E-state index in [-0.39, 0.29) is 6.42 Å². The third kappa shape index (κ3) is 4.28. The molecule has 2 aromatic rings. The first-order valence-electron chi connectivity index (χ1n) is 7.02. The Labute approximate surface area is 128 Å². The SMILES string of the molecule is Cc1cc(C)cc(NCCC(=O)Nc2c(F)cccc2F)c1. The summed E-state index contributed by atoms with van der Waals surface area (Å²) in [5.74, 6) is -2.01. The average molecular weight is 304 g/mol. The first kappa shape index (κ1) is 15.9. The molecule has 2 aromatic carbocycles. The fraction of sp³-hybridized carbons (Fsp3) is 0.235. The molecule has 2 rings (SSSR count). The standard InChI is InChI=1S/C17H18F2N2O/c1-11-8-12(2)10-13(9-11)20-7-6-16(22)21-17-14(18)4-3-5-15(17)19/h3-5,8-10,20H,6-7H2,1-2H3,(H,21,22). The van der Waals surface area contributed by atoms with Gasteiger partial charge >= 0.3 is 0 Å². The van der Waals surface area contributed by atoms with Gasteiger partial charge in [-0.05, 0) is 49.2 Å². The van der Waals surface area contributed by atoms with Crippen molar-refractivity contribution in [3.8, 4) is 0 Å². The number of rotatable bonds is 5. The highest BCUT2D eigenvalue weighted by Gasteiger charge is 2.11. The maximum atomic E-state index is 13.4. The molecule has 0 fully saturated rings. The Kier molecular flexibility index (Phi) is 5.09. The van der Waals surface area contributed by atoms with Crippen LogP contribution in [-0.4, -0.2) is 12.5 Å². The average Bonchev–Trinajstić information content (AvgIpc) is 2.42. The van der Waals surface area contributed by atoms with Crippen LogP contribution in [0.2, 0.25) is 0 Å². The van der Waals surface area contributed by atoms with Crippen molar-refractivity contribution in [3.63, 3.8) is 0 Å². The molecule has 22 heavy (non-hydrogen) atoms. The second kappa shape index (κ2) is 7.02. The molecule has 3 nitrogen and oxygen atoms in total. The zero-order valence-electron chi connectivity index (χ0n) is 12.5. The van der Waals surface area contributed by atoms with E-state index in [1.54, 1.807) is 0 Å². The van der Waals surface area contributed by atoms with Crippen LogP contribution >= 0.6 is 0 Å². The first-order valence-corrected chi connectivity index (χ1v) is 7.02. The molecule has 0 radical (unpaired) electrons. The number of carbonyl (C=O) groups is 1. The van der Waals surface area contributed by atoms with Gasteiger partial charge in [0.05, 0.1) is 0 Å². The summed E-state index contributed by atoms with van der Waals surface area (Å²) in [5, 5.41) is 5.38. The Bertz CT molecular complexity index is 646. The van der Waals surface area contributed by atoms with Crippen LogP contribution in [-0.2, 0) is 4.79 Å². The minimum Gasteiger partial charge on any atom is -0.385 e. The highest BCUT2D eigenvalue weighted by Crippen LogP contribution is 2.18. The van der Waals surface area contributed by atoms with Gasteiger partial charge in [0.1, 0.15) is 17.3 Å². The molecule has 2 N–H and O–H groups in total. The van der Waals surface area contributed by atoms with Crippen LogP contribution in [0.15, 0.2) is 36.4 Å². The number of carbonyl (C=O) groups excluding carboxylic acids is 1. The summed E-state index contributed by atoms with van der Waals surface area (Å²) in [4.78, 5) is 11.8. The van der Waals surface area contributed by atoms with Crippen LogP contribution in [0, 0.1) is 25.5 Å². The van der Waals surface area contributed by atoms with Gasteiger partial charge in [0, 0.05) is 18.7 Å². The number of halogens is 2. The molecular weight excluding hydrogens is 286 g/mol. The third-order valence-corrected chi connectivity index (χ3v) is 3.13. The maximum Gasteiger partial charge on any atom is 0.226 e. The second-order valence-electron chi connectivity index (χ2n) is 5.20. The Morgan fingerprint density at radius 2 is 1.64 bits per heavy atom. The van der Waals surface area contributed by atoms with Gasteiger partial charge in [0.25, 0.3) is 0 Å². The highest BCUT2D eigenvalue weighted by molar-refractivity contribution is 5.91. The number of aryl methyl sites for hydroxylation is 2. The van der Waals surface area contributed by atoms with E-state index in [0.717, 1.165) is 28.9 Å². The van der Waals surface area contributed by atoms with Crippen LogP contribution in [0.1, 0.15) is 17.5 Å². The molecule has 0 aliphatic rings. The molecule has 1 amide bonds. The van der Waals surface area contributed by atoms with Crippen LogP contribution in [0.25, 0.3) is 0 Å². The fourth-order valence-electron chi connectivity index (χ4n) is 2.22. The number of para-hydroxylation sites is 1. The normalized spacial score (nSPS) is 10.4. The molecular formula is C17H18F2N2O. The van der Waals surface area contributed by atoms with Crippen molar-refractivity contribution in [1.82, 2.24) is 0 Å². The monoisotopic (exact) mass is 304 g/mol. The van der Waals surface area contributed by atoms with Gasteiger partial charge in [-0.25, -0.2) is 8.78 Å². The van der Waals surface area contributed by atoms with Gasteiger partial charge < -0.3 is 10.6 Å². The molecule has 0 spiro atoms. The van der Waals surface area contributed by atoms with E-state index in [2.05, 4.69) is 16.7 Å². The van der Waals surface area contributed by atoms with Crippen molar-refractivity contribution >= 4 is 17.3 Å². The van der Waals surface area contributed by atoms with E-state index in [1.807, 2.05) is 26.0 Å². The van der Waals surface area contributed by atoms with Crippen LogP contribution in [0.4, 0.5) is 20.2 Å². The summed E-state index contributed by atoms with van der Waals surface area (Å²) in [6, 6.07) is 9.46. The lowest BCUT2D eigenvalue weighted by atomic mass is 10.1. The van der Waals surface area contributed by atoms with Crippen molar-refractivity contribution < 1.29 is 13.6 Å². The van der Waals surface area contributed by atoms with E-state index < -0.39 is 23.2 Å². The molecule has 0 aliphatic carbocycles. The maximum absolute atomic E-state index is 13.4. The highest BCUT2D eigenvalue weighted by atomic mass is 19.1. The topological polar surface area (TPSA) is 41.1 Å². The number of hydrogen-bond donors (Lipinski definition) is 2. The smallest absolute Gasteiger partial charge is 0.226 e. The summed E-state index contributed by atoms with van der Waals surface area (Å²) in [6.07, 6.45) is 0.112. The lowest BCUT2D eigenvalue weighted by Gasteiger charge is -2.10. The molecule has 0 aliphatic heterocycles. The lowest BCUT2D eigenvalue weighted by molar-refractivity contribution is -0.116. The Hall–Kier alpha value is -2.43. The Balaban J connectivity index is 1.88. The molecule has 5 heteroatoms. The Morgan fingerprint density at radius 3 is 2.23 bits per heavy atom. The number of anilines is 2. The molecule has 0 heterocycles. The number of amides is 1. The van der Waals surface area contributed by atoms with E-state index >= 15 is 0 Å². The van der Waals surface area contributed by atoms with E-state index in [4.69, 9.17) is 0 Å². The van der Waals surface area contributed by atoms with Gasteiger partial charge in [-0.15, -0.1) is 0 Å². The first-order chi connectivity index (χ1) is 10.5. The van der Waals surface area contributed by atoms with Crippen molar-refractivity contribution in [2.24, 2.45) is 0 Å². The van der Waals surface area contributed by atoms with E-state index in [0.29, 0.717) is 6.54 Å². The van der Waals surface area contributed by atoms with Gasteiger partial charge in [-0.1, -0.05) is 12.1 Å². The van der Waals surface area contributed by atoms with E-state index in [1.165, 1.54) is 6.07 Å². The predicted molar refractivity (Wildman–Crippen MR) is 84.0 cm³/mol. The molecule has 0 saturated carbocycles. The number of nitrogens with one attached hydrogen (secondary N) is 2. The molecule has 116 valence electrons. The number of benzene rings is 2. The van der Waals surface area contributed by atoms with Crippen LogP contribution < -0.4 is 10.6 Å². The predicted octanol–water partition coefficient (Wildman–Crippen LogP) is 4.02. The van der Waals surface area contributed by atoms with Gasteiger partial charge in [0.15, 0.2) is 0 Å². The van der Waals surface area contributed by atoms with Crippen molar-refractivity contribution in [2.75, 3.05) is 17.2 Å². The molecule has 0 aromatic heterocycles. The summed E-state index contributed by atoms with van der Waals surface area (Å²) in [6.45, 7) is 4.36. The summed E-state index contributed by atoms with van der Waals surface area (Å²) in [5.41, 5.74) is 2.77. The molecule has 0 saturated heterocycles. The van der Waals surface area contributed by atoms with Crippen LogP contribution in [0.5, 0.6) is 0 Å². The summed E-state index contributed by atoms with van der Waals surface area (Å²) >= 11 is 0. The Morgan fingerprint density at radius 1 is 1.05 bits per heavy atom. The van der Waals surface area contributed by atoms with Crippen molar-refractivity contribution in [3.05, 3.63) is 59.2 Å². The molecule has 0 unspecified atom stereocenters. The quantitative estimate of drug-likeness (QED) is 0.876. The summed E-state index contributed by atoms with van der Waals surface area (Å²) < 4.78 is 26.8. The fourth-order valence-corrected chi connectivity index (χ4v) is 2.22. The van der Waals surface area contributed by atoms with Gasteiger partial charge in [-0.3, -0.25) is 4.79 Å². The van der Waals surface area contributed by atoms with E-state index in [9.17, 15) is 13.6 Å². The zero-order chi connectivity index (χ0) is 16.1. The number of hydrogen-bond acceptors (Lipinski definition) is 2. The van der Waals surface area contributed by atoms with Gasteiger partial charge in [-0.2, -0.15) is 0 Å². The van der Waals surface area contributed by atoms with Crippen molar-refractivity contribution in [1.29, 1.82) is 0 Å². The van der Waals surface area contributed by atoms with Crippen LogP contribution in [0.3, 0.4) is 0 Å². The minimum atomic E-state index is -0.782.